The molecular formula is C25H28O3. The number of carbonyl (C=O) groups is 1. The molecular weight excluding hydrogens is 348 g/mol. The molecule has 1 saturated carbocycles. The highest BCUT2D eigenvalue weighted by atomic mass is 16.5. The normalized spacial score (nSPS) is 22.1. The van der Waals surface area contributed by atoms with Gasteiger partial charge in [0.2, 0.25) is 0 Å². The lowest BCUT2D eigenvalue weighted by molar-refractivity contribution is -0.131. The smallest absolute Gasteiger partial charge is 0.328 e. The number of fused-ring (bicyclic) bond motifs is 2. The summed E-state index contributed by atoms with van der Waals surface area (Å²) in [5, 5.41) is 8.55. The summed E-state index contributed by atoms with van der Waals surface area (Å²) < 4.78 is 5.67. The third-order valence-electron chi connectivity index (χ3n) is 5.44. The number of hydrogen-bond donors (Lipinski definition) is 1. The molecule has 1 N–H and O–H groups in total. The first-order valence-electron chi connectivity index (χ1n) is 9.87. The van der Waals surface area contributed by atoms with Crippen molar-refractivity contribution in [2.45, 2.75) is 33.3 Å². The third-order valence-corrected chi connectivity index (χ3v) is 5.44. The Morgan fingerprint density at radius 3 is 2.29 bits per heavy atom. The fraction of sp³-hybridized carbons (Fsp3) is 0.320. The molecule has 2 aliphatic carbocycles. The van der Waals surface area contributed by atoms with Crippen LogP contribution in [0.4, 0.5) is 0 Å². The largest absolute Gasteiger partial charge is 0.489 e. The monoisotopic (exact) mass is 376 g/mol. The number of aliphatic carboxylic acids is 1. The van der Waals surface area contributed by atoms with Crippen LogP contribution in [0.1, 0.15) is 36.5 Å². The molecule has 0 aliphatic heterocycles. The van der Waals surface area contributed by atoms with Gasteiger partial charge in [0, 0.05) is 6.08 Å². The Kier molecular flexibility index (Phi) is 6.70. The maximum atomic E-state index is 10.4. The second-order valence-electron chi connectivity index (χ2n) is 7.77. The average Bonchev–Trinajstić information content (AvgIpc) is 3.30. The number of aryl methyl sites for hydroxylation is 1. The van der Waals surface area contributed by atoms with E-state index in [1.165, 1.54) is 18.4 Å². The third kappa shape index (κ3) is 5.85. The molecule has 0 saturated heterocycles. The van der Waals surface area contributed by atoms with Gasteiger partial charge in [-0.2, -0.15) is 0 Å². The second kappa shape index (κ2) is 9.41. The van der Waals surface area contributed by atoms with E-state index in [0.29, 0.717) is 6.61 Å². The van der Waals surface area contributed by atoms with Gasteiger partial charge in [-0.05, 0) is 66.9 Å². The standard InChI is InChI=1S/C17H16O3.C8H12/c1-13-2-4-15(5-3-13)12-20-16-9-6-14(7-10-16)8-11-17(18)19;1-6-4-7-2-3-8(6)5-7/h2-11H,12H2,1H3,(H,18,19);2-3,6-8H,4-5H2,1H3. The van der Waals surface area contributed by atoms with Crippen molar-refractivity contribution in [3.05, 3.63) is 83.4 Å². The first kappa shape index (κ1) is 19.9. The summed E-state index contributed by atoms with van der Waals surface area (Å²) in [6, 6.07) is 15.5. The number of ether oxygens (including phenoxy) is 1. The van der Waals surface area contributed by atoms with Gasteiger partial charge in [0.05, 0.1) is 0 Å². The van der Waals surface area contributed by atoms with Gasteiger partial charge in [-0.15, -0.1) is 0 Å². The van der Waals surface area contributed by atoms with Crippen LogP contribution in [-0.4, -0.2) is 11.1 Å². The van der Waals surface area contributed by atoms with Crippen LogP contribution in [0.5, 0.6) is 5.75 Å². The van der Waals surface area contributed by atoms with Crippen LogP contribution in [0, 0.1) is 24.7 Å². The second-order valence-corrected chi connectivity index (χ2v) is 7.77. The predicted molar refractivity (Wildman–Crippen MR) is 113 cm³/mol. The number of carboxylic acids is 1. The lowest BCUT2D eigenvalue weighted by Gasteiger charge is -2.09. The van der Waals surface area contributed by atoms with Crippen LogP contribution in [0.15, 0.2) is 66.8 Å². The van der Waals surface area contributed by atoms with Crippen molar-refractivity contribution in [1.29, 1.82) is 0 Å². The molecule has 2 bridgehead atoms. The highest BCUT2D eigenvalue weighted by Crippen LogP contribution is 2.42. The highest BCUT2D eigenvalue weighted by Gasteiger charge is 2.32. The zero-order chi connectivity index (χ0) is 19.9. The van der Waals surface area contributed by atoms with E-state index in [4.69, 9.17) is 9.84 Å². The minimum atomic E-state index is -0.954. The molecule has 28 heavy (non-hydrogen) atoms. The number of rotatable bonds is 5. The average molecular weight is 376 g/mol. The Bertz CT molecular complexity index is 831. The Hall–Kier alpha value is -2.81. The zero-order valence-corrected chi connectivity index (χ0v) is 16.5. The molecule has 0 spiro atoms. The summed E-state index contributed by atoms with van der Waals surface area (Å²) in [7, 11) is 0. The van der Waals surface area contributed by atoms with Crippen LogP contribution < -0.4 is 4.74 Å². The Morgan fingerprint density at radius 1 is 1.07 bits per heavy atom. The number of allylic oxidation sites excluding steroid dienone is 2. The maximum absolute atomic E-state index is 10.4. The molecule has 4 rings (SSSR count). The van der Waals surface area contributed by atoms with Crippen molar-refractivity contribution >= 4 is 12.0 Å². The van der Waals surface area contributed by atoms with E-state index in [1.54, 1.807) is 6.08 Å². The number of hydrogen-bond acceptors (Lipinski definition) is 2. The van der Waals surface area contributed by atoms with E-state index in [9.17, 15) is 4.79 Å². The Balaban J connectivity index is 0.000000231. The molecule has 3 nitrogen and oxygen atoms in total. The quantitative estimate of drug-likeness (QED) is 0.523. The van der Waals surface area contributed by atoms with Crippen LogP contribution in [0.3, 0.4) is 0 Å². The molecule has 0 aromatic heterocycles. The SMILES string of the molecule is CC1CC2C=CC1C2.Cc1ccc(COc2ccc(C=CC(=O)O)cc2)cc1. The van der Waals surface area contributed by atoms with Crippen molar-refractivity contribution in [2.24, 2.45) is 17.8 Å². The van der Waals surface area contributed by atoms with E-state index in [1.807, 2.05) is 43.3 Å². The van der Waals surface area contributed by atoms with Crippen molar-refractivity contribution < 1.29 is 14.6 Å². The molecule has 3 heteroatoms. The van der Waals surface area contributed by atoms with Crippen LogP contribution in [0.25, 0.3) is 6.08 Å². The molecule has 3 unspecified atom stereocenters. The minimum absolute atomic E-state index is 0.518. The molecule has 0 radical (unpaired) electrons. The molecule has 0 amide bonds. The molecule has 1 fully saturated rings. The molecule has 3 atom stereocenters. The Labute approximate surface area is 167 Å². The van der Waals surface area contributed by atoms with E-state index in [-0.39, 0.29) is 0 Å². The van der Waals surface area contributed by atoms with Crippen molar-refractivity contribution in [3.8, 4) is 5.75 Å². The van der Waals surface area contributed by atoms with Gasteiger partial charge in [0.1, 0.15) is 12.4 Å². The fourth-order valence-electron chi connectivity index (χ4n) is 3.75. The molecule has 146 valence electrons. The van der Waals surface area contributed by atoms with Gasteiger partial charge >= 0.3 is 5.97 Å². The van der Waals surface area contributed by atoms with Gasteiger partial charge in [0.25, 0.3) is 0 Å². The molecule has 2 aliphatic rings. The first-order chi connectivity index (χ1) is 13.5. The van der Waals surface area contributed by atoms with E-state index < -0.39 is 5.97 Å². The van der Waals surface area contributed by atoms with Gasteiger partial charge < -0.3 is 9.84 Å². The van der Waals surface area contributed by atoms with Gasteiger partial charge in [-0.1, -0.05) is 61.0 Å². The van der Waals surface area contributed by atoms with Crippen LogP contribution in [0.2, 0.25) is 0 Å². The van der Waals surface area contributed by atoms with Gasteiger partial charge in [0.15, 0.2) is 0 Å². The maximum Gasteiger partial charge on any atom is 0.328 e. The zero-order valence-electron chi connectivity index (χ0n) is 16.5. The van der Waals surface area contributed by atoms with Crippen molar-refractivity contribution in [3.63, 3.8) is 0 Å². The molecule has 0 heterocycles. The summed E-state index contributed by atoms with van der Waals surface area (Å²) >= 11 is 0. The predicted octanol–water partition coefficient (Wildman–Crippen LogP) is 5.89. The van der Waals surface area contributed by atoms with Crippen LogP contribution >= 0.6 is 0 Å². The lowest BCUT2D eigenvalue weighted by Crippen LogP contribution is -1.99. The summed E-state index contributed by atoms with van der Waals surface area (Å²) in [4.78, 5) is 10.4. The van der Waals surface area contributed by atoms with E-state index in [2.05, 4.69) is 31.2 Å². The summed E-state index contributed by atoms with van der Waals surface area (Å²) in [6.07, 6.45) is 10.4. The first-order valence-corrected chi connectivity index (χ1v) is 9.87. The van der Waals surface area contributed by atoms with E-state index in [0.717, 1.165) is 40.7 Å². The van der Waals surface area contributed by atoms with Crippen LogP contribution in [-0.2, 0) is 11.4 Å². The van der Waals surface area contributed by atoms with Crippen molar-refractivity contribution in [1.82, 2.24) is 0 Å². The summed E-state index contributed by atoms with van der Waals surface area (Å²) in [5.74, 6) is 2.72. The number of carboxylic acid groups (broad SMARTS) is 1. The topological polar surface area (TPSA) is 46.5 Å². The minimum Gasteiger partial charge on any atom is -0.489 e. The number of benzene rings is 2. The lowest BCUT2D eigenvalue weighted by atomic mass is 9.96. The molecule has 2 aromatic rings. The fourth-order valence-corrected chi connectivity index (χ4v) is 3.75. The summed E-state index contributed by atoms with van der Waals surface area (Å²) in [5.41, 5.74) is 3.17. The van der Waals surface area contributed by atoms with Gasteiger partial charge in [-0.25, -0.2) is 4.79 Å². The Morgan fingerprint density at radius 2 is 1.79 bits per heavy atom. The highest BCUT2D eigenvalue weighted by molar-refractivity contribution is 5.85. The van der Waals surface area contributed by atoms with E-state index >= 15 is 0 Å². The van der Waals surface area contributed by atoms with Gasteiger partial charge in [-0.3, -0.25) is 0 Å². The van der Waals surface area contributed by atoms with Crippen molar-refractivity contribution in [2.75, 3.05) is 0 Å². The summed E-state index contributed by atoms with van der Waals surface area (Å²) in [6.45, 7) is 4.94. The molecule has 2 aromatic carbocycles.